The van der Waals surface area contributed by atoms with Crippen molar-refractivity contribution < 1.29 is 4.74 Å². The summed E-state index contributed by atoms with van der Waals surface area (Å²) in [5.41, 5.74) is 2.84. The van der Waals surface area contributed by atoms with Crippen molar-refractivity contribution in [3.8, 4) is 0 Å². The fraction of sp³-hybridized carbons (Fsp3) is 0.455. The third-order valence-electron chi connectivity index (χ3n) is 3.72. The molecule has 2 bridgehead atoms. The van der Waals surface area contributed by atoms with Gasteiger partial charge in [0.2, 0.25) is 0 Å². The number of rotatable bonds is 0. The van der Waals surface area contributed by atoms with Gasteiger partial charge in [-0.15, -0.1) is 0 Å². The van der Waals surface area contributed by atoms with Crippen molar-refractivity contribution >= 4 is 11.6 Å². The van der Waals surface area contributed by atoms with Crippen LogP contribution in [0.5, 0.6) is 0 Å². The van der Waals surface area contributed by atoms with Crippen molar-refractivity contribution in [2.45, 2.75) is 30.5 Å². The number of fused-ring (bicyclic) bond motifs is 8. The lowest BCUT2D eigenvalue weighted by atomic mass is 9.92. The van der Waals surface area contributed by atoms with Crippen LogP contribution < -0.4 is 0 Å². The van der Waals surface area contributed by atoms with Crippen molar-refractivity contribution in [2.75, 3.05) is 0 Å². The van der Waals surface area contributed by atoms with Crippen LogP contribution in [-0.2, 0) is 4.74 Å². The highest BCUT2D eigenvalue weighted by atomic mass is 35.5. The molecule has 1 aliphatic heterocycles. The van der Waals surface area contributed by atoms with Crippen molar-refractivity contribution in [1.82, 2.24) is 0 Å². The Labute approximate surface area is 81.7 Å². The molecule has 1 aromatic carbocycles. The average molecular weight is 193 g/mol. The van der Waals surface area contributed by atoms with E-state index in [1.807, 2.05) is 6.07 Å². The first-order valence-corrected chi connectivity index (χ1v) is 5.18. The van der Waals surface area contributed by atoms with Crippen LogP contribution in [0.1, 0.15) is 29.4 Å². The highest BCUT2D eigenvalue weighted by Crippen LogP contribution is 2.63. The molecule has 2 aliphatic carbocycles. The number of hydrogen-bond acceptors (Lipinski definition) is 1. The number of ether oxygens (including phenoxy) is 1. The molecule has 4 atom stereocenters. The van der Waals surface area contributed by atoms with Crippen LogP contribution in [0.15, 0.2) is 18.2 Å². The molecule has 1 heterocycles. The fourth-order valence-corrected chi connectivity index (χ4v) is 3.50. The molecule has 1 saturated carbocycles. The van der Waals surface area contributed by atoms with Crippen LogP contribution in [0, 0.1) is 0 Å². The van der Waals surface area contributed by atoms with Gasteiger partial charge in [0.1, 0.15) is 0 Å². The topological polar surface area (TPSA) is 12.5 Å². The zero-order chi connectivity index (χ0) is 8.58. The number of halogens is 1. The van der Waals surface area contributed by atoms with E-state index in [0.717, 1.165) is 5.02 Å². The highest BCUT2D eigenvalue weighted by molar-refractivity contribution is 6.31. The Morgan fingerprint density at radius 2 is 2.08 bits per heavy atom. The van der Waals surface area contributed by atoms with Gasteiger partial charge in [0.25, 0.3) is 0 Å². The van der Waals surface area contributed by atoms with Crippen LogP contribution in [0.2, 0.25) is 5.02 Å². The van der Waals surface area contributed by atoms with Crippen molar-refractivity contribution in [1.29, 1.82) is 0 Å². The standard InChI is InChI=1S/C11H9ClO/c12-8-3-1-2-5-6-4-7(9(5)8)11-10(6)13-11/h1-3,6-7,10-11H,4H2. The summed E-state index contributed by atoms with van der Waals surface area (Å²) in [5, 5.41) is 0.943. The minimum atomic E-state index is 0.511. The second-order valence-electron chi connectivity index (χ2n) is 4.26. The largest absolute Gasteiger partial charge is 0.368 e. The molecule has 0 spiro atoms. The van der Waals surface area contributed by atoms with Gasteiger partial charge in [0.15, 0.2) is 0 Å². The van der Waals surface area contributed by atoms with Gasteiger partial charge < -0.3 is 4.74 Å². The number of benzene rings is 1. The predicted octanol–water partition coefficient (Wildman–Crippen LogP) is 2.69. The zero-order valence-corrected chi connectivity index (χ0v) is 7.79. The molecule has 1 nitrogen and oxygen atoms in total. The molecular formula is C11H9ClO. The van der Waals surface area contributed by atoms with Gasteiger partial charge >= 0.3 is 0 Å². The van der Waals surface area contributed by atoms with E-state index in [1.54, 1.807) is 0 Å². The Balaban J connectivity index is 2.02. The van der Waals surface area contributed by atoms with Crippen LogP contribution in [0.3, 0.4) is 0 Å². The zero-order valence-electron chi connectivity index (χ0n) is 7.03. The van der Waals surface area contributed by atoms with Crippen LogP contribution in [0.4, 0.5) is 0 Å². The summed E-state index contributed by atoms with van der Waals surface area (Å²) in [6.45, 7) is 0. The first-order chi connectivity index (χ1) is 6.36. The molecule has 1 aromatic rings. The molecule has 4 unspecified atom stereocenters. The maximum absolute atomic E-state index is 6.19. The van der Waals surface area contributed by atoms with Crippen molar-refractivity contribution in [2.24, 2.45) is 0 Å². The minimum Gasteiger partial charge on any atom is -0.368 e. The third-order valence-corrected chi connectivity index (χ3v) is 4.05. The fourth-order valence-electron chi connectivity index (χ4n) is 3.18. The smallest absolute Gasteiger partial charge is 0.0917 e. The van der Waals surface area contributed by atoms with Gasteiger partial charge in [-0.1, -0.05) is 23.7 Å². The van der Waals surface area contributed by atoms with Gasteiger partial charge in [0, 0.05) is 16.9 Å². The first kappa shape index (κ1) is 6.86. The summed E-state index contributed by atoms with van der Waals surface area (Å²) >= 11 is 6.19. The molecule has 2 heteroatoms. The summed E-state index contributed by atoms with van der Waals surface area (Å²) in [5.74, 6) is 1.27. The molecule has 0 radical (unpaired) electrons. The van der Waals surface area contributed by atoms with Gasteiger partial charge in [0.05, 0.1) is 12.2 Å². The maximum atomic E-state index is 6.19. The Kier molecular flexibility index (Phi) is 1.02. The van der Waals surface area contributed by atoms with Crippen molar-refractivity contribution in [3.63, 3.8) is 0 Å². The van der Waals surface area contributed by atoms with Gasteiger partial charge in [-0.2, -0.15) is 0 Å². The number of epoxide rings is 1. The summed E-state index contributed by atoms with van der Waals surface area (Å²) in [6, 6.07) is 6.27. The second kappa shape index (κ2) is 1.94. The van der Waals surface area contributed by atoms with E-state index < -0.39 is 0 Å². The molecule has 1 saturated heterocycles. The normalized spacial score (nSPS) is 43.2. The summed E-state index contributed by atoms with van der Waals surface area (Å²) in [6.07, 6.45) is 2.32. The van der Waals surface area contributed by atoms with E-state index in [-0.39, 0.29) is 0 Å². The SMILES string of the molecule is Clc1cccc2c1C1CC2C2OC12. The predicted molar refractivity (Wildman–Crippen MR) is 50.2 cm³/mol. The Hall–Kier alpha value is -0.530. The first-order valence-electron chi connectivity index (χ1n) is 4.80. The van der Waals surface area contributed by atoms with Crippen LogP contribution in [0.25, 0.3) is 0 Å². The highest BCUT2D eigenvalue weighted by Gasteiger charge is 2.62. The Morgan fingerprint density at radius 3 is 3.00 bits per heavy atom. The summed E-state index contributed by atoms with van der Waals surface area (Å²) in [4.78, 5) is 0. The lowest BCUT2D eigenvalue weighted by Crippen LogP contribution is -2.07. The molecule has 0 N–H and O–H groups in total. The Bertz CT molecular complexity index is 401. The lowest BCUT2D eigenvalue weighted by molar-refractivity contribution is 0.297. The molecule has 4 rings (SSSR count). The second-order valence-corrected chi connectivity index (χ2v) is 4.66. The monoisotopic (exact) mass is 192 g/mol. The molecule has 3 aliphatic rings. The van der Waals surface area contributed by atoms with Crippen molar-refractivity contribution in [3.05, 3.63) is 34.3 Å². The summed E-state index contributed by atoms with van der Waals surface area (Å²) < 4.78 is 5.62. The minimum absolute atomic E-state index is 0.511. The van der Waals surface area contributed by atoms with Gasteiger partial charge in [-0.25, -0.2) is 0 Å². The third kappa shape index (κ3) is 0.660. The average Bonchev–Trinajstić information content (AvgIpc) is 2.75. The van der Waals surface area contributed by atoms with Gasteiger partial charge in [-0.05, 0) is 23.6 Å². The van der Waals surface area contributed by atoms with E-state index in [1.165, 1.54) is 17.5 Å². The van der Waals surface area contributed by atoms with Crippen LogP contribution >= 0.6 is 11.6 Å². The molecule has 66 valence electrons. The number of hydrogen-bond donors (Lipinski definition) is 0. The lowest BCUT2D eigenvalue weighted by Gasteiger charge is -2.12. The molecule has 13 heavy (non-hydrogen) atoms. The van der Waals surface area contributed by atoms with E-state index in [9.17, 15) is 0 Å². The molecular weight excluding hydrogens is 184 g/mol. The van der Waals surface area contributed by atoms with E-state index >= 15 is 0 Å². The van der Waals surface area contributed by atoms with E-state index in [0.29, 0.717) is 24.0 Å². The molecule has 0 aromatic heterocycles. The van der Waals surface area contributed by atoms with E-state index in [2.05, 4.69) is 12.1 Å². The van der Waals surface area contributed by atoms with Gasteiger partial charge in [-0.3, -0.25) is 0 Å². The Morgan fingerprint density at radius 1 is 1.23 bits per heavy atom. The maximum Gasteiger partial charge on any atom is 0.0917 e. The van der Waals surface area contributed by atoms with Crippen LogP contribution in [-0.4, -0.2) is 12.2 Å². The van der Waals surface area contributed by atoms with E-state index in [4.69, 9.17) is 16.3 Å². The molecule has 0 amide bonds. The quantitative estimate of drug-likeness (QED) is 0.576. The molecule has 2 fully saturated rings. The summed E-state index contributed by atoms with van der Waals surface area (Å²) in [7, 11) is 0.